The van der Waals surface area contributed by atoms with Gasteiger partial charge in [-0.15, -0.1) is 11.3 Å². The highest BCUT2D eigenvalue weighted by Crippen LogP contribution is 2.39. The van der Waals surface area contributed by atoms with Crippen LogP contribution in [0.3, 0.4) is 0 Å². The molecular weight excluding hydrogens is 876 g/mol. The fraction of sp³-hybridized carbons (Fsp3) is 0.0426. The largest absolute Gasteiger partial charge is 0.449 e. The second-order valence-electron chi connectivity index (χ2n) is 14.4. The van der Waals surface area contributed by atoms with Crippen LogP contribution >= 0.6 is 11.3 Å². The number of fused-ring (bicyclic) bond motifs is 5. The van der Waals surface area contributed by atoms with Gasteiger partial charge >= 0.3 is 0 Å². The number of nitrogens with zero attached hydrogens (tertiary/aromatic N) is 3. The molecule has 0 radical (unpaired) electrons. The van der Waals surface area contributed by atoms with Crippen LogP contribution in [-0.4, -0.2) is 48.8 Å². The molecule has 0 atom stereocenters. The number of hydrogen-bond donors (Lipinski definition) is 3. The smallest absolute Gasteiger partial charge is 0.287 e. The number of hydrogen-bond acceptors (Lipinski definition) is 11. The lowest BCUT2D eigenvalue weighted by Crippen LogP contribution is -2.22. The van der Waals surface area contributed by atoms with E-state index in [0.29, 0.717) is 27.3 Å². The maximum atomic E-state index is 13.5. The Balaban J connectivity index is 0.000000165. The molecule has 0 aliphatic rings. The monoisotopic (exact) mass is 908 g/mol. The summed E-state index contributed by atoms with van der Waals surface area (Å²) in [6.07, 6.45) is 6.22. The number of thiophene rings is 1. The van der Waals surface area contributed by atoms with E-state index >= 15 is 0 Å². The molecule has 10 rings (SSSR count). The molecule has 0 fully saturated rings. The molecular formula is C47H33FN6O7S3. The Hall–Kier alpha value is -7.60. The zero-order valence-corrected chi connectivity index (χ0v) is 35.7. The minimum absolute atomic E-state index is 0.0489. The van der Waals surface area contributed by atoms with Crippen molar-refractivity contribution in [2.45, 2.75) is 32.7 Å². The number of furan rings is 1. The lowest BCUT2D eigenvalue weighted by atomic mass is 10.1. The Labute approximate surface area is 368 Å². The summed E-state index contributed by atoms with van der Waals surface area (Å²) in [5.74, 6) is -1.08. The standard InChI is InChI=1S/C27H18N2O4S2.C20H15FN4O3S/c30-27(22-14-18-12-13-28-16-23(18)33-22)29-15-17-8-10-19(11-9-17)35(31,32)25-7-3-5-21-20-4-1-2-6-24(20)34-26(21)25;21-16-2-1-3-18(9-16)29(27,28)17-6-4-13(5-7-17)10-23-20(26)15-8-14-12-24-25-19(14)22-11-15/h1-14,16H,15H2,(H,29,30);1-9,11-12H,10H2,(H,23,26)(H,22,24,25). The van der Waals surface area contributed by atoms with Crippen LogP contribution in [0.5, 0.6) is 0 Å². The number of benzene rings is 5. The summed E-state index contributed by atoms with van der Waals surface area (Å²) in [5, 5.41) is 15.7. The summed E-state index contributed by atoms with van der Waals surface area (Å²) in [6.45, 7) is 0.447. The first-order valence-electron chi connectivity index (χ1n) is 19.5. The number of nitrogens with one attached hydrogen (secondary N) is 3. The first-order valence-corrected chi connectivity index (χ1v) is 23.3. The van der Waals surface area contributed by atoms with Crippen molar-refractivity contribution >= 4 is 85.0 Å². The van der Waals surface area contributed by atoms with Crippen molar-refractivity contribution in [3.05, 3.63) is 187 Å². The molecule has 13 nitrogen and oxygen atoms in total. The van der Waals surface area contributed by atoms with Crippen molar-refractivity contribution in [1.82, 2.24) is 30.8 Å². The third-order valence-corrected chi connectivity index (χ3v) is 15.2. The maximum Gasteiger partial charge on any atom is 0.287 e. The summed E-state index contributed by atoms with van der Waals surface area (Å²) in [6, 6.07) is 35.9. The van der Waals surface area contributed by atoms with E-state index in [1.807, 2.05) is 30.3 Å². The highest BCUT2D eigenvalue weighted by atomic mass is 32.2. The molecule has 64 heavy (non-hydrogen) atoms. The third kappa shape index (κ3) is 8.46. The number of H-pyrrole nitrogens is 1. The second-order valence-corrected chi connectivity index (χ2v) is 19.3. The predicted molar refractivity (Wildman–Crippen MR) is 240 cm³/mol. The summed E-state index contributed by atoms with van der Waals surface area (Å²) in [4.78, 5) is 33.3. The van der Waals surface area contributed by atoms with Crippen molar-refractivity contribution in [2.75, 3.05) is 0 Å². The fourth-order valence-electron chi connectivity index (χ4n) is 6.91. The summed E-state index contributed by atoms with van der Waals surface area (Å²) in [5.41, 5.74) is 3.02. The van der Waals surface area contributed by atoms with Gasteiger partial charge in [0.1, 0.15) is 5.82 Å². The van der Waals surface area contributed by atoms with Gasteiger partial charge in [-0.05, 0) is 83.9 Å². The van der Waals surface area contributed by atoms with Crippen molar-refractivity contribution in [1.29, 1.82) is 0 Å². The molecule has 0 unspecified atom stereocenters. The number of halogens is 1. The number of sulfone groups is 2. The van der Waals surface area contributed by atoms with E-state index in [9.17, 15) is 30.8 Å². The van der Waals surface area contributed by atoms with Gasteiger partial charge in [0.05, 0.1) is 42.2 Å². The van der Waals surface area contributed by atoms with Gasteiger partial charge in [0.25, 0.3) is 11.8 Å². The molecule has 0 saturated heterocycles. The second kappa shape index (κ2) is 17.3. The van der Waals surface area contributed by atoms with Gasteiger partial charge in [0, 0.05) is 51.7 Å². The van der Waals surface area contributed by atoms with Crippen LogP contribution < -0.4 is 10.6 Å². The summed E-state index contributed by atoms with van der Waals surface area (Å²) >= 11 is 1.48. The third-order valence-electron chi connectivity index (χ3n) is 10.2. The number of carbonyl (C=O) groups excluding carboxylic acids is 2. The van der Waals surface area contributed by atoms with Crippen LogP contribution in [0.4, 0.5) is 4.39 Å². The molecule has 17 heteroatoms. The zero-order chi connectivity index (χ0) is 44.4. The van der Waals surface area contributed by atoms with Crippen molar-refractivity contribution in [3.8, 4) is 0 Å². The summed E-state index contributed by atoms with van der Waals surface area (Å²) in [7, 11) is -7.53. The molecule has 10 aromatic rings. The zero-order valence-electron chi connectivity index (χ0n) is 33.2. The van der Waals surface area contributed by atoms with Crippen molar-refractivity contribution in [3.63, 3.8) is 0 Å². The number of rotatable bonds is 10. The van der Waals surface area contributed by atoms with Gasteiger partial charge in [0.15, 0.2) is 17.0 Å². The van der Waals surface area contributed by atoms with E-state index < -0.39 is 25.5 Å². The van der Waals surface area contributed by atoms with E-state index in [4.69, 9.17) is 4.42 Å². The highest BCUT2D eigenvalue weighted by molar-refractivity contribution is 7.92. The Kier molecular flexibility index (Phi) is 11.3. The van der Waals surface area contributed by atoms with Crippen LogP contribution in [0.25, 0.3) is 42.2 Å². The van der Waals surface area contributed by atoms with Crippen LogP contribution in [-0.2, 0) is 32.8 Å². The van der Waals surface area contributed by atoms with E-state index in [1.54, 1.807) is 85.3 Å². The molecule has 318 valence electrons. The van der Waals surface area contributed by atoms with Crippen LogP contribution in [0, 0.1) is 5.82 Å². The lowest BCUT2D eigenvalue weighted by molar-refractivity contribution is 0.0923. The van der Waals surface area contributed by atoms with Gasteiger partial charge in [-0.3, -0.25) is 19.7 Å². The number of amides is 2. The normalized spacial score (nSPS) is 11.7. The van der Waals surface area contributed by atoms with Gasteiger partial charge < -0.3 is 15.1 Å². The van der Waals surface area contributed by atoms with E-state index in [1.165, 1.54) is 47.9 Å². The predicted octanol–water partition coefficient (Wildman–Crippen LogP) is 8.82. The fourth-order valence-corrected chi connectivity index (χ4v) is 11.1. The number of carbonyl (C=O) groups is 2. The van der Waals surface area contributed by atoms with E-state index in [-0.39, 0.29) is 45.4 Å². The Bertz CT molecular complexity index is 3580. The van der Waals surface area contributed by atoms with Crippen molar-refractivity contribution < 1.29 is 35.2 Å². The molecule has 5 aromatic heterocycles. The average molecular weight is 909 g/mol. The first kappa shape index (κ1) is 41.7. The molecule has 0 aliphatic heterocycles. The van der Waals surface area contributed by atoms with Gasteiger partial charge in [0.2, 0.25) is 19.7 Å². The van der Waals surface area contributed by atoms with Crippen LogP contribution in [0.1, 0.15) is 32.0 Å². The molecule has 5 heterocycles. The molecule has 2 amide bonds. The minimum atomic E-state index is -3.81. The Morgan fingerprint density at radius 3 is 2.08 bits per heavy atom. The molecule has 0 bridgehead atoms. The quantitative estimate of drug-likeness (QED) is 0.119. The van der Waals surface area contributed by atoms with Gasteiger partial charge in [-0.2, -0.15) is 5.10 Å². The molecule has 0 spiro atoms. The molecule has 5 aromatic carbocycles. The molecule has 0 aliphatic carbocycles. The van der Waals surface area contributed by atoms with Crippen LogP contribution in [0.2, 0.25) is 0 Å². The maximum absolute atomic E-state index is 13.5. The van der Waals surface area contributed by atoms with Crippen molar-refractivity contribution in [2.24, 2.45) is 0 Å². The van der Waals surface area contributed by atoms with Crippen LogP contribution in [0.15, 0.2) is 182 Å². The lowest BCUT2D eigenvalue weighted by Gasteiger charge is -2.08. The number of aromatic nitrogens is 4. The number of pyridine rings is 2. The molecule has 3 N–H and O–H groups in total. The SMILES string of the molecule is O=C(NCc1ccc(S(=O)(=O)c2cccc(F)c2)cc1)c1cnc2[nH]ncc2c1.O=C(NCc1ccc(S(=O)(=O)c2cccc3c2sc2ccccc23)cc1)c1cc2ccncc2o1. The first-order chi connectivity index (χ1) is 30.9. The summed E-state index contributed by atoms with van der Waals surface area (Å²) < 4.78 is 72.8. The highest BCUT2D eigenvalue weighted by Gasteiger charge is 2.23. The van der Waals surface area contributed by atoms with E-state index in [2.05, 4.69) is 30.8 Å². The van der Waals surface area contributed by atoms with E-state index in [0.717, 1.165) is 42.6 Å². The Morgan fingerprint density at radius 2 is 1.34 bits per heavy atom. The van der Waals surface area contributed by atoms with Gasteiger partial charge in [-0.25, -0.2) is 26.2 Å². The molecule has 0 saturated carbocycles. The average Bonchev–Trinajstić information content (AvgIpc) is 4.08. The van der Waals surface area contributed by atoms with Gasteiger partial charge in [-0.1, -0.05) is 60.7 Å². The topological polar surface area (TPSA) is 194 Å². The Morgan fingerprint density at radius 1 is 0.656 bits per heavy atom. The number of aromatic amines is 1. The minimum Gasteiger partial charge on any atom is -0.449 e.